The molecule has 0 radical (unpaired) electrons. The maximum Gasteiger partial charge on any atom is 0.330 e. The quantitative estimate of drug-likeness (QED) is 0.104. The second-order valence-corrected chi connectivity index (χ2v) is 10.1. The third-order valence-electron chi connectivity index (χ3n) is 6.27. The molecule has 0 aliphatic heterocycles. The van der Waals surface area contributed by atoms with Gasteiger partial charge in [0.15, 0.2) is 5.82 Å². The summed E-state index contributed by atoms with van der Waals surface area (Å²) >= 11 is 1.83. The van der Waals surface area contributed by atoms with Gasteiger partial charge in [-0.1, -0.05) is 32.1 Å². The predicted octanol–water partition coefficient (Wildman–Crippen LogP) is 9.02. The van der Waals surface area contributed by atoms with E-state index in [1.54, 1.807) is 6.07 Å². The monoisotopic (exact) mass is 529 g/mol. The van der Waals surface area contributed by atoms with Crippen LogP contribution in [0.2, 0.25) is 0 Å². The van der Waals surface area contributed by atoms with Crippen molar-refractivity contribution >= 4 is 44.5 Å². The SMILES string of the molecule is C=CC(=O)OCCN(CC)c1ccc(N=Nc2ccc(-c3ccc4sc(CCCC)cc4c3)cc2F)cc1. The fraction of sp³-hybridized carbons (Fsp3) is 0.258. The van der Waals surface area contributed by atoms with Gasteiger partial charge in [0.2, 0.25) is 0 Å². The van der Waals surface area contributed by atoms with Gasteiger partial charge in [-0.15, -0.1) is 16.5 Å². The molecule has 4 rings (SSSR count). The second-order valence-electron chi connectivity index (χ2n) is 8.90. The van der Waals surface area contributed by atoms with Crippen molar-refractivity contribution < 1.29 is 13.9 Å². The normalized spacial score (nSPS) is 11.2. The van der Waals surface area contributed by atoms with Crippen molar-refractivity contribution in [1.82, 2.24) is 0 Å². The van der Waals surface area contributed by atoms with Crippen molar-refractivity contribution in [3.05, 3.63) is 90.1 Å². The van der Waals surface area contributed by atoms with Crippen molar-refractivity contribution in [2.75, 3.05) is 24.6 Å². The molecule has 5 nitrogen and oxygen atoms in total. The number of hydrogen-bond acceptors (Lipinski definition) is 6. The van der Waals surface area contributed by atoms with Gasteiger partial charge < -0.3 is 9.64 Å². The van der Waals surface area contributed by atoms with Gasteiger partial charge in [-0.2, -0.15) is 5.11 Å². The molecule has 0 amide bonds. The maximum absolute atomic E-state index is 14.9. The molecule has 0 N–H and O–H groups in total. The van der Waals surface area contributed by atoms with Gasteiger partial charge in [0.1, 0.15) is 12.3 Å². The van der Waals surface area contributed by atoms with Crippen LogP contribution < -0.4 is 4.90 Å². The number of esters is 1. The van der Waals surface area contributed by atoms with E-state index in [2.05, 4.69) is 46.8 Å². The van der Waals surface area contributed by atoms with E-state index in [1.165, 1.54) is 33.9 Å². The number of nitrogens with zero attached hydrogens (tertiary/aromatic N) is 3. The molecule has 0 aliphatic rings. The molecule has 0 unspecified atom stereocenters. The third-order valence-corrected chi connectivity index (χ3v) is 7.44. The van der Waals surface area contributed by atoms with E-state index in [1.807, 2.05) is 54.7 Å². The zero-order chi connectivity index (χ0) is 26.9. The molecule has 196 valence electrons. The number of ether oxygens (including phenoxy) is 1. The number of thiophene rings is 1. The minimum atomic E-state index is -0.433. The number of likely N-dealkylation sites (N-methyl/N-ethyl adjacent to an activating group) is 1. The van der Waals surface area contributed by atoms with Crippen LogP contribution in [0.3, 0.4) is 0 Å². The number of rotatable bonds is 12. The van der Waals surface area contributed by atoms with E-state index in [0.717, 1.165) is 35.9 Å². The summed E-state index contributed by atoms with van der Waals surface area (Å²) in [6.45, 7) is 9.22. The number of azo groups is 1. The van der Waals surface area contributed by atoms with Crippen LogP contribution >= 0.6 is 11.3 Å². The number of benzene rings is 3. The van der Waals surface area contributed by atoms with Gasteiger partial charge in [-0.25, -0.2) is 9.18 Å². The molecule has 0 saturated carbocycles. The van der Waals surface area contributed by atoms with Crippen molar-refractivity contribution in [3.8, 4) is 11.1 Å². The van der Waals surface area contributed by atoms with Gasteiger partial charge in [0, 0.05) is 27.9 Å². The topological polar surface area (TPSA) is 54.3 Å². The van der Waals surface area contributed by atoms with Crippen molar-refractivity contribution in [2.24, 2.45) is 10.2 Å². The number of aryl methyl sites for hydroxylation is 1. The van der Waals surface area contributed by atoms with Crippen LogP contribution in [0.25, 0.3) is 21.2 Å². The first-order chi connectivity index (χ1) is 18.5. The molecular weight excluding hydrogens is 497 g/mol. The first-order valence-electron chi connectivity index (χ1n) is 12.9. The van der Waals surface area contributed by atoms with Crippen molar-refractivity contribution in [3.63, 3.8) is 0 Å². The highest BCUT2D eigenvalue weighted by Gasteiger charge is 2.09. The lowest BCUT2D eigenvalue weighted by Crippen LogP contribution is -2.27. The molecule has 3 aromatic carbocycles. The van der Waals surface area contributed by atoms with E-state index >= 15 is 0 Å². The molecule has 0 fully saturated rings. The molecule has 1 aromatic heterocycles. The summed E-state index contributed by atoms with van der Waals surface area (Å²) in [6.07, 6.45) is 4.63. The number of unbranched alkanes of at least 4 members (excludes halogenated alkanes) is 1. The Morgan fingerprint density at radius 2 is 1.79 bits per heavy atom. The lowest BCUT2D eigenvalue weighted by atomic mass is 10.0. The Hall–Kier alpha value is -3.84. The zero-order valence-electron chi connectivity index (χ0n) is 21.8. The van der Waals surface area contributed by atoms with E-state index in [9.17, 15) is 9.18 Å². The summed E-state index contributed by atoms with van der Waals surface area (Å²) in [5, 5.41) is 9.55. The Kier molecular flexibility index (Phi) is 9.38. The number of halogens is 1. The van der Waals surface area contributed by atoms with Crippen LogP contribution in [0, 0.1) is 5.82 Å². The first kappa shape index (κ1) is 27.2. The fourth-order valence-corrected chi connectivity index (χ4v) is 5.23. The standard InChI is InChI=1S/C31H32FN3O2S/c1-4-7-8-27-20-24-19-22(10-16-30(24)38-27)23-9-15-29(28(32)21-23)34-33-25-11-13-26(14-12-25)35(6-3)17-18-37-31(36)5-2/h5,9-16,19-21H,2,4,6-8,17-18H2,1,3H3. The minimum absolute atomic E-state index is 0.190. The molecule has 38 heavy (non-hydrogen) atoms. The first-order valence-corrected chi connectivity index (χ1v) is 13.7. The lowest BCUT2D eigenvalue weighted by Gasteiger charge is -2.22. The summed E-state index contributed by atoms with van der Waals surface area (Å²) in [6, 6.07) is 21.1. The Morgan fingerprint density at radius 3 is 2.50 bits per heavy atom. The number of hydrogen-bond donors (Lipinski definition) is 0. The van der Waals surface area contributed by atoms with Crippen LogP contribution in [0.15, 0.2) is 89.6 Å². The molecule has 0 bridgehead atoms. The minimum Gasteiger partial charge on any atom is -0.461 e. The number of carbonyl (C=O) groups is 1. The highest BCUT2D eigenvalue weighted by atomic mass is 32.1. The second kappa shape index (κ2) is 13.1. The Balaban J connectivity index is 1.42. The summed E-state index contributed by atoms with van der Waals surface area (Å²) in [5.41, 5.74) is 3.57. The molecule has 0 aliphatic carbocycles. The zero-order valence-corrected chi connectivity index (χ0v) is 22.6. The lowest BCUT2D eigenvalue weighted by molar-refractivity contribution is -0.137. The molecule has 0 saturated heterocycles. The Morgan fingerprint density at radius 1 is 1.03 bits per heavy atom. The molecule has 1 heterocycles. The van der Waals surface area contributed by atoms with Crippen LogP contribution in [-0.2, 0) is 16.0 Å². The number of carbonyl (C=O) groups excluding carboxylic acids is 1. The molecule has 4 aromatic rings. The summed E-state index contributed by atoms with van der Waals surface area (Å²) in [4.78, 5) is 14.7. The molecule has 0 spiro atoms. The highest BCUT2D eigenvalue weighted by Crippen LogP contribution is 2.33. The van der Waals surface area contributed by atoms with Crippen molar-refractivity contribution in [1.29, 1.82) is 0 Å². The van der Waals surface area contributed by atoms with E-state index in [0.29, 0.717) is 12.2 Å². The van der Waals surface area contributed by atoms with Gasteiger partial charge in [-0.3, -0.25) is 0 Å². The van der Waals surface area contributed by atoms with Crippen LogP contribution in [0.5, 0.6) is 0 Å². The Labute approximate surface area is 227 Å². The maximum atomic E-state index is 14.9. The van der Waals surface area contributed by atoms with Crippen LogP contribution in [0.4, 0.5) is 21.5 Å². The average Bonchev–Trinajstić information content (AvgIpc) is 3.36. The summed E-state index contributed by atoms with van der Waals surface area (Å²) in [5.74, 6) is -0.847. The number of fused-ring (bicyclic) bond motifs is 1. The average molecular weight is 530 g/mol. The predicted molar refractivity (Wildman–Crippen MR) is 155 cm³/mol. The van der Waals surface area contributed by atoms with Gasteiger partial charge >= 0.3 is 5.97 Å². The van der Waals surface area contributed by atoms with E-state index < -0.39 is 11.8 Å². The summed E-state index contributed by atoms with van der Waals surface area (Å²) < 4.78 is 21.2. The van der Waals surface area contributed by atoms with Gasteiger partial charge in [0.05, 0.1) is 12.2 Å². The van der Waals surface area contributed by atoms with Gasteiger partial charge in [-0.05, 0) is 90.9 Å². The third kappa shape index (κ3) is 6.92. The van der Waals surface area contributed by atoms with E-state index in [-0.39, 0.29) is 12.3 Å². The molecular formula is C31H32FN3O2S. The van der Waals surface area contributed by atoms with Crippen LogP contribution in [0.1, 0.15) is 31.6 Å². The summed E-state index contributed by atoms with van der Waals surface area (Å²) in [7, 11) is 0. The fourth-order valence-electron chi connectivity index (χ4n) is 4.15. The number of anilines is 1. The van der Waals surface area contributed by atoms with Crippen LogP contribution in [-0.4, -0.2) is 25.7 Å². The van der Waals surface area contributed by atoms with E-state index in [4.69, 9.17) is 4.74 Å². The van der Waals surface area contributed by atoms with Crippen molar-refractivity contribution in [2.45, 2.75) is 33.1 Å². The smallest absolute Gasteiger partial charge is 0.330 e. The highest BCUT2D eigenvalue weighted by molar-refractivity contribution is 7.19. The molecule has 7 heteroatoms. The Bertz CT molecular complexity index is 1430. The largest absolute Gasteiger partial charge is 0.461 e. The molecule has 0 atom stereocenters. The van der Waals surface area contributed by atoms with Gasteiger partial charge in [0.25, 0.3) is 0 Å².